The van der Waals surface area contributed by atoms with Crippen LogP contribution in [0.2, 0.25) is 0 Å². The van der Waals surface area contributed by atoms with Crippen molar-refractivity contribution in [2.75, 3.05) is 5.73 Å². The summed E-state index contributed by atoms with van der Waals surface area (Å²) in [6.45, 7) is 1.71. The lowest BCUT2D eigenvalue weighted by atomic mass is 10.1. The van der Waals surface area contributed by atoms with Crippen LogP contribution in [0.15, 0.2) is 84.9 Å². The number of para-hydroxylation sites is 2. The van der Waals surface area contributed by atoms with E-state index >= 15 is 0 Å². The number of rotatable bonds is 6. The van der Waals surface area contributed by atoms with Gasteiger partial charge >= 0.3 is 5.95 Å². The minimum atomic E-state index is 0. The third kappa shape index (κ3) is 4.22. The number of aromatic nitrogens is 2. The molecule has 2 N–H and O–H groups in total. The molecular weight excluding hydrogens is 398 g/mol. The quantitative estimate of drug-likeness (QED) is 0.466. The van der Waals surface area contributed by atoms with Gasteiger partial charge in [-0.15, -0.1) is 0 Å². The lowest BCUT2D eigenvalue weighted by Gasteiger charge is -2.04. The molecule has 0 aliphatic carbocycles. The van der Waals surface area contributed by atoms with Crippen molar-refractivity contribution in [2.24, 2.45) is 0 Å². The normalized spacial score (nSPS) is 10.7. The summed E-state index contributed by atoms with van der Waals surface area (Å²) in [5.74, 6) is 0.822. The standard InChI is InChI=1S/C23H23N3.BrH/c24-23-25(17-9-14-19-10-3-1-4-11-19)21-15-7-8-16-22(21)26(23)18-20-12-5-2-6-13-20;/h1-8,10-13,15-16,24H,9,14,17-18H2;1H. The van der Waals surface area contributed by atoms with Crippen LogP contribution in [0.25, 0.3) is 11.0 Å². The molecule has 0 bridgehead atoms. The van der Waals surface area contributed by atoms with E-state index < -0.39 is 0 Å². The lowest BCUT2D eigenvalue weighted by molar-refractivity contribution is -0.648. The summed E-state index contributed by atoms with van der Waals surface area (Å²) in [4.78, 5) is 0. The highest BCUT2D eigenvalue weighted by Gasteiger charge is 2.20. The van der Waals surface area contributed by atoms with Crippen LogP contribution >= 0.6 is 0 Å². The van der Waals surface area contributed by atoms with Gasteiger partial charge in [-0.25, -0.2) is 9.13 Å². The first-order valence-corrected chi connectivity index (χ1v) is 9.17. The van der Waals surface area contributed by atoms with E-state index in [0.717, 1.165) is 31.9 Å². The van der Waals surface area contributed by atoms with E-state index in [2.05, 4.69) is 88.0 Å². The number of anilines is 1. The van der Waals surface area contributed by atoms with Crippen LogP contribution in [0.4, 0.5) is 5.95 Å². The molecule has 4 rings (SSSR count). The molecule has 0 atom stereocenters. The Morgan fingerprint density at radius 1 is 0.741 bits per heavy atom. The van der Waals surface area contributed by atoms with Gasteiger partial charge in [0.1, 0.15) is 11.0 Å². The summed E-state index contributed by atoms with van der Waals surface area (Å²) in [7, 11) is 0. The summed E-state index contributed by atoms with van der Waals surface area (Å²) in [5.41, 5.74) is 11.6. The topological polar surface area (TPSA) is 34.8 Å². The molecule has 0 saturated carbocycles. The summed E-state index contributed by atoms with van der Waals surface area (Å²) in [5, 5.41) is 0. The van der Waals surface area contributed by atoms with Gasteiger partial charge in [-0.3, -0.25) is 5.73 Å². The van der Waals surface area contributed by atoms with Gasteiger partial charge in [0.05, 0.1) is 13.1 Å². The number of aryl methyl sites for hydroxylation is 2. The maximum absolute atomic E-state index is 6.57. The van der Waals surface area contributed by atoms with Crippen molar-refractivity contribution in [3.05, 3.63) is 96.1 Å². The number of nitrogens with two attached hydrogens (primary N) is 1. The van der Waals surface area contributed by atoms with E-state index in [1.165, 1.54) is 22.2 Å². The Morgan fingerprint density at radius 2 is 1.33 bits per heavy atom. The second-order valence-electron chi connectivity index (χ2n) is 6.66. The number of benzene rings is 3. The van der Waals surface area contributed by atoms with Gasteiger partial charge in [0.15, 0.2) is 0 Å². The summed E-state index contributed by atoms with van der Waals surface area (Å²) < 4.78 is 4.47. The highest BCUT2D eigenvalue weighted by molar-refractivity contribution is 5.73. The van der Waals surface area contributed by atoms with Gasteiger partial charge in [0, 0.05) is 0 Å². The average Bonchev–Trinajstić information content (AvgIpc) is 2.96. The number of nitrogen functional groups attached to an aromatic ring is 1. The second-order valence-corrected chi connectivity index (χ2v) is 6.66. The number of halogens is 1. The van der Waals surface area contributed by atoms with E-state index in [-0.39, 0.29) is 17.0 Å². The zero-order valence-electron chi connectivity index (χ0n) is 15.3. The maximum Gasteiger partial charge on any atom is 0.356 e. The first-order valence-electron chi connectivity index (χ1n) is 9.17. The number of hydrogen-bond donors (Lipinski definition) is 1. The van der Waals surface area contributed by atoms with Gasteiger partial charge in [0.2, 0.25) is 0 Å². The molecule has 1 heterocycles. The van der Waals surface area contributed by atoms with Crippen LogP contribution in [-0.4, -0.2) is 4.57 Å². The molecule has 0 fully saturated rings. The highest BCUT2D eigenvalue weighted by atomic mass is 79.9. The summed E-state index contributed by atoms with van der Waals surface area (Å²) >= 11 is 0. The molecule has 0 radical (unpaired) electrons. The molecule has 4 heteroatoms. The van der Waals surface area contributed by atoms with Crippen molar-refractivity contribution >= 4 is 17.0 Å². The van der Waals surface area contributed by atoms with Gasteiger partial charge in [-0.2, -0.15) is 0 Å². The van der Waals surface area contributed by atoms with Gasteiger partial charge in [-0.05, 0) is 36.1 Å². The third-order valence-electron chi connectivity index (χ3n) is 4.89. The predicted molar refractivity (Wildman–Crippen MR) is 107 cm³/mol. The monoisotopic (exact) mass is 421 g/mol. The van der Waals surface area contributed by atoms with Crippen LogP contribution in [-0.2, 0) is 19.5 Å². The molecule has 138 valence electrons. The van der Waals surface area contributed by atoms with E-state index in [9.17, 15) is 0 Å². The fraction of sp³-hybridized carbons (Fsp3) is 0.174. The van der Waals surface area contributed by atoms with Crippen LogP contribution in [0.5, 0.6) is 0 Å². The summed E-state index contributed by atoms with van der Waals surface area (Å²) in [6, 6.07) is 29.6. The number of nitrogens with zero attached hydrogens (tertiary/aromatic N) is 2. The lowest BCUT2D eigenvalue weighted by Crippen LogP contribution is -3.00. The Kier molecular flexibility index (Phi) is 6.30. The predicted octanol–water partition coefficient (Wildman–Crippen LogP) is 1.20. The summed E-state index contributed by atoms with van der Waals surface area (Å²) in [6.07, 6.45) is 2.13. The van der Waals surface area contributed by atoms with Crippen molar-refractivity contribution in [2.45, 2.75) is 25.9 Å². The SMILES string of the molecule is Nc1n(CCCc2ccccc2)c2ccccc2[n+]1Cc1ccccc1.[Br-]. The minimum absolute atomic E-state index is 0. The molecule has 0 amide bonds. The second kappa shape index (κ2) is 8.87. The molecule has 27 heavy (non-hydrogen) atoms. The molecule has 1 aromatic heterocycles. The largest absolute Gasteiger partial charge is 1.00 e. The molecule has 0 aliphatic heterocycles. The van der Waals surface area contributed by atoms with Gasteiger partial charge in [0.25, 0.3) is 0 Å². The third-order valence-corrected chi connectivity index (χ3v) is 4.89. The van der Waals surface area contributed by atoms with Crippen LogP contribution < -0.4 is 27.3 Å². The van der Waals surface area contributed by atoms with Crippen molar-refractivity contribution < 1.29 is 21.5 Å². The Morgan fingerprint density at radius 3 is 2.04 bits per heavy atom. The van der Waals surface area contributed by atoms with Gasteiger partial charge in [-0.1, -0.05) is 72.8 Å². The Bertz CT molecular complexity index is 994. The fourth-order valence-corrected chi connectivity index (χ4v) is 3.57. The Labute approximate surface area is 170 Å². The van der Waals surface area contributed by atoms with Crippen molar-refractivity contribution in [3.63, 3.8) is 0 Å². The van der Waals surface area contributed by atoms with Gasteiger partial charge < -0.3 is 17.0 Å². The Balaban J connectivity index is 0.00000210. The number of fused-ring (bicyclic) bond motifs is 1. The first-order chi connectivity index (χ1) is 12.8. The van der Waals surface area contributed by atoms with E-state index in [4.69, 9.17) is 5.73 Å². The minimum Gasteiger partial charge on any atom is -1.00 e. The highest BCUT2D eigenvalue weighted by Crippen LogP contribution is 2.18. The molecule has 0 unspecified atom stereocenters. The van der Waals surface area contributed by atoms with Crippen LogP contribution in [0, 0.1) is 0 Å². The average molecular weight is 422 g/mol. The van der Waals surface area contributed by atoms with Crippen molar-refractivity contribution in [1.82, 2.24) is 4.57 Å². The zero-order chi connectivity index (χ0) is 17.8. The molecule has 0 aliphatic rings. The molecule has 3 aromatic carbocycles. The fourth-order valence-electron chi connectivity index (χ4n) is 3.57. The molecule has 3 nitrogen and oxygen atoms in total. The molecular formula is C23H24BrN3. The number of imidazole rings is 1. The zero-order valence-corrected chi connectivity index (χ0v) is 16.8. The molecule has 0 saturated heterocycles. The smallest absolute Gasteiger partial charge is 0.356 e. The van der Waals surface area contributed by atoms with E-state index in [1.54, 1.807) is 0 Å². The molecule has 4 aromatic rings. The van der Waals surface area contributed by atoms with Crippen LogP contribution in [0.1, 0.15) is 17.5 Å². The van der Waals surface area contributed by atoms with Crippen molar-refractivity contribution in [1.29, 1.82) is 0 Å². The maximum atomic E-state index is 6.57. The Hall–Kier alpha value is -2.59. The van der Waals surface area contributed by atoms with E-state index in [0.29, 0.717) is 0 Å². The molecule has 0 spiro atoms. The van der Waals surface area contributed by atoms with E-state index in [1.807, 2.05) is 6.07 Å². The number of hydrogen-bond acceptors (Lipinski definition) is 1. The van der Waals surface area contributed by atoms with Crippen molar-refractivity contribution in [3.8, 4) is 0 Å². The first kappa shape index (κ1) is 19.2. The van der Waals surface area contributed by atoms with Crippen LogP contribution in [0.3, 0.4) is 0 Å².